The van der Waals surface area contributed by atoms with E-state index in [0.717, 1.165) is 59.6 Å². The molecule has 364 valence electrons. The summed E-state index contributed by atoms with van der Waals surface area (Å²) in [6, 6.07) is 13.2. The van der Waals surface area contributed by atoms with Gasteiger partial charge in [0.1, 0.15) is 42.7 Å². The van der Waals surface area contributed by atoms with E-state index in [2.05, 4.69) is 0 Å². The number of phenolic OH excluding ortho intramolecular Hbond substituents is 1. The Kier molecular flexibility index (Phi) is 18.2. The van der Waals surface area contributed by atoms with Gasteiger partial charge in [0, 0.05) is 48.5 Å². The van der Waals surface area contributed by atoms with Gasteiger partial charge in [-0.25, -0.2) is 0 Å². The molecule has 2 saturated heterocycles. The zero-order valence-electron chi connectivity index (χ0n) is 39.6. The minimum absolute atomic E-state index is 0.154. The third-order valence-electron chi connectivity index (χ3n) is 10.3. The summed E-state index contributed by atoms with van der Waals surface area (Å²) in [6.45, 7) is 18.5. The van der Waals surface area contributed by atoms with Gasteiger partial charge in [-0.1, -0.05) is 84.0 Å². The van der Waals surface area contributed by atoms with E-state index < -0.39 is 132 Å². The van der Waals surface area contributed by atoms with Crippen LogP contribution in [0.4, 0.5) is 0 Å². The number of hydrogen-bond donors (Lipinski definition) is 1. The fraction of sp³-hybridized carbons (Fsp3) is 0.596. The Morgan fingerprint density at radius 2 is 0.955 bits per heavy atom. The second-order valence-corrected chi connectivity index (χ2v) is 19.3. The van der Waals surface area contributed by atoms with E-state index in [1.54, 1.807) is 0 Å². The van der Waals surface area contributed by atoms with E-state index in [1.165, 1.54) is 11.8 Å². The molecule has 2 aromatic carbocycles. The predicted octanol–water partition coefficient (Wildman–Crippen LogP) is 5.43. The summed E-state index contributed by atoms with van der Waals surface area (Å²) in [5.41, 5.74) is 0.651. The molecule has 66 heavy (non-hydrogen) atoms. The first kappa shape index (κ1) is 53.4. The van der Waals surface area contributed by atoms with Crippen molar-refractivity contribution < 1.29 is 86.0 Å². The van der Waals surface area contributed by atoms with Crippen LogP contribution in [0.3, 0.4) is 0 Å². The van der Waals surface area contributed by atoms with Crippen LogP contribution >= 0.6 is 11.8 Å². The lowest BCUT2D eigenvalue weighted by Gasteiger charge is -2.49. The normalized spacial score (nSPS) is 25.9. The van der Waals surface area contributed by atoms with E-state index in [4.69, 9.17) is 47.4 Å². The van der Waals surface area contributed by atoms with Crippen LogP contribution in [0, 0.1) is 0 Å². The number of hydrogen-bond acceptors (Lipinski definition) is 19. The molecule has 11 atom stereocenters. The monoisotopic (exact) mass is 946 g/mol. The number of phenols is 1. The van der Waals surface area contributed by atoms with Gasteiger partial charge < -0.3 is 52.5 Å². The van der Waals surface area contributed by atoms with Gasteiger partial charge in [0.25, 0.3) is 0 Å². The summed E-state index contributed by atoms with van der Waals surface area (Å²) in [6.07, 6.45) is -14.2. The minimum Gasteiger partial charge on any atom is -0.507 e. The molecule has 0 saturated carbocycles. The van der Waals surface area contributed by atoms with Crippen molar-refractivity contribution in [1.82, 2.24) is 0 Å². The molecule has 0 aromatic heterocycles. The smallest absolute Gasteiger partial charge is 0.303 e. The van der Waals surface area contributed by atoms with Gasteiger partial charge in [0.15, 0.2) is 36.8 Å². The number of benzene rings is 2. The number of carbonyl (C=O) groups excluding carboxylic acids is 7. The van der Waals surface area contributed by atoms with Crippen molar-refractivity contribution in [3.05, 3.63) is 64.7 Å². The summed E-state index contributed by atoms with van der Waals surface area (Å²) in [4.78, 5) is 88.3. The van der Waals surface area contributed by atoms with Crippen molar-refractivity contribution >= 4 is 53.5 Å². The molecule has 2 aliphatic heterocycles. The summed E-state index contributed by atoms with van der Waals surface area (Å²) < 4.78 is 58.9. The topological polar surface area (TPSA) is 232 Å². The molecule has 1 N–H and O–H groups in total. The van der Waals surface area contributed by atoms with Gasteiger partial charge in [-0.3, -0.25) is 33.6 Å². The Morgan fingerprint density at radius 1 is 0.545 bits per heavy atom. The minimum atomic E-state index is -1.82. The summed E-state index contributed by atoms with van der Waals surface area (Å²) in [7, 11) is 0. The van der Waals surface area contributed by atoms with Crippen LogP contribution in [0.25, 0.3) is 0 Å². The van der Waals surface area contributed by atoms with Crippen LogP contribution in [0.15, 0.2) is 42.5 Å². The van der Waals surface area contributed by atoms with E-state index in [1.807, 2.05) is 84.0 Å². The Labute approximate surface area is 388 Å². The average Bonchev–Trinajstić information content (AvgIpc) is 3.18. The maximum Gasteiger partial charge on any atom is 0.303 e. The van der Waals surface area contributed by atoms with Crippen LogP contribution < -0.4 is 0 Å². The van der Waals surface area contributed by atoms with Crippen molar-refractivity contribution in [3.8, 4) is 5.75 Å². The van der Waals surface area contributed by atoms with Gasteiger partial charge in [0.05, 0.1) is 5.25 Å². The van der Waals surface area contributed by atoms with Gasteiger partial charge in [-0.05, 0) is 33.1 Å². The highest BCUT2D eigenvalue weighted by atomic mass is 32.2. The first-order valence-corrected chi connectivity index (χ1v) is 22.3. The van der Waals surface area contributed by atoms with Crippen molar-refractivity contribution in [2.45, 2.75) is 167 Å². The van der Waals surface area contributed by atoms with Crippen LogP contribution in [0.2, 0.25) is 0 Å². The van der Waals surface area contributed by atoms with Crippen molar-refractivity contribution in [2.75, 3.05) is 13.2 Å². The number of carbonyl (C=O) groups is 7. The van der Waals surface area contributed by atoms with Gasteiger partial charge in [-0.2, -0.15) is 0 Å². The lowest BCUT2D eigenvalue weighted by atomic mass is 9.78. The molecule has 19 heteroatoms. The molecule has 2 aliphatic rings. The highest BCUT2D eigenvalue weighted by Gasteiger charge is 2.58. The third kappa shape index (κ3) is 14.4. The molecule has 2 heterocycles. The van der Waals surface area contributed by atoms with Gasteiger partial charge in [0.2, 0.25) is 0 Å². The maximum absolute atomic E-state index is 13.1. The second kappa shape index (κ2) is 22.5. The van der Waals surface area contributed by atoms with Crippen LogP contribution in [0.1, 0.15) is 118 Å². The average molecular weight is 947 g/mol. The molecule has 0 amide bonds. The molecule has 0 spiro atoms. The van der Waals surface area contributed by atoms with E-state index in [0.29, 0.717) is 11.1 Å². The predicted molar refractivity (Wildman–Crippen MR) is 235 cm³/mol. The second-order valence-electron chi connectivity index (χ2n) is 18.1. The Hall–Kier alpha value is -5.24. The maximum atomic E-state index is 13.1. The summed E-state index contributed by atoms with van der Waals surface area (Å²) in [5, 5.41) is 11.1. The van der Waals surface area contributed by atoms with Gasteiger partial charge >= 0.3 is 41.8 Å². The molecule has 2 fully saturated rings. The van der Waals surface area contributed by atoms with E-state index in [9.17, 15) is 38.7 Å². The largest absolute Gasteiger partial charge is 0.507 e. The zero-order chi connectivity index (χ0) is 49.4. The number of thioether (sulfide) groups is 1. The van der Waals surface area contributed by atoms with Crippen LogP contribution in [-0.2, 0) is 91.8 Å². The number of rotatable bonds is 15. The summed E-state index contributed by atoms with van der Waals surface area (Å²) in [5.74, 6) is -5.65. The molecule has 0 radical (unpaired) electrons. The highest BCUT2D eigenvalue weighted by molar-refractivity contribution is 8.00. The SMILES string of the molecule is CC(=O)OCC1O[C@@H](S[C@H](c2ccccc2)c2cc(C(C)(C)C)c(O)c(C(C)(C)C)c2)C(OC(C)=O)C(OC(C)=O)[C@@H]1O[C@@H]1OC(COC(C)=O)[C@H](OC(C)=O)C(OC(C)=O)C1OC(C)=O. The molecule has 0 bridgehead atoms. The van der Waals surface area contributed by atoms with Gasteiger partial charge in [-0.15, -0.1) is 11.8 Å². The highest BCUT2D eigenvalue weighted by Crippen LogP contribution is 2.48. The van der Waals surface area contributed by atoms with Crippen LogP contribution in [-0.4, -0.2) is 121 Å². The Balaban J connectivity index is 1.95. The molecular formula is C47H62O18S. The molecule has 4 rings (SSSR count). The van der Waals surface area contributed by atoms with E-state index in [-0.39, 0.29) is 5.75 Å². The number of aromatic hydroxyl groups is 1. The molecule has 2 aromatic rings. The number of ether oxygens (including phenoxy) is 10. The Morgan fingerprint density at radius 3 is 1.39 bits per heavy atom. The quantitative estimate of drug-likeness (QED) is 0.173. The Bertz CT molecular complexity index is 2040. The third-order valence-corrected chi connectivity index (χ3v) is 11.8. The molecule has 6 unspecified atom stereocenters. The van der Waals surface area contributed by atoms with Crippen molar-refractivity contribution in [1.29, 1.82) is 0 Å². The molecular weight excluding hydrogens is 885 g/mol. The number of esters is 7. The molecule has 18 nitrogen and oxygen atoms in total. The lowest BCUT2D eigenvalue weighted by Crippen LogP contribution is -2.66. The van der Waals surface area contributed by atoms with Crippen molar-refractivity contribution in [2.24, 2.45) is 0 Å². The summed E-state index contributed by atoms with van der Waals surface area (Å²) >= 11 is 1.19. The van der Waals surface area contributed by atoms with Crippen LogP contribution in [0.5, 0.6) is 5.75 Å². The lowest BCUT2D eigenvalue weighted by molar-refractivity contribution is -0.341. The first-order chi connectivity index (χ1) is 30.7. The van der Waals surface area contributed by atoms with Crippen molar-refractivity contribution in [3.63, 3.8) is 0 Å². The fourth-order valence-electron chi connectivity index (χ4n) is 7.64. The fourth-order valence-corrected chi connectivity index (χ4v) is 9.09. The molecule has 0 aliphatic carbocycles. The van der Waals surface area contributed by atoms with E-state index >= 15 is 0 Å². The zero-order valence-corrected chi connectivity index (χ0v) is 40.4. The standard InChI is InChI=1S/C47H62O18S/c1-23(48)56-21-34-37(58-25(3)50)39(59-26(4)51)41(61-28(6)53)44(63-34)65-38-35(22-57-24(2)49)64-45(42(62-29(7)54)40(38)60-27(5)52)66-43(30-17-15-14-16-18-30)31-19-32(46(8,9)10)36(55)33(20-31)47(11,12)13/h14-20,34-35,37-45,55H,21-22H2,1-13H3/t34?,35?,37-,38+,39?,40?,41?,42?,43+,44-,45-/m0/s1. The first-order valence-electron chi connectivity index (χ1n) is 21.3.